The van der Waals surface area contributed by atoms with Gasteiger partial charge in [0.25, 0.3) is 0 Å². The predicted molar refractivity (Wildman–Crippen MR) is 74.1 cm³/mol. The molecule has 2 rings (SSSR count). The lowest BCUT2D eigenvalue weighted by Gasteiger charge is -2.33. The minimum absolute atomic E-state index is 0.0403. The van der Waals surface area contributed by atoms with Gasteiger partial charge in [-0.05, 0) is 18.3 Å². The Kier molecular flexibility index (Phi) is 4.39. The average molecular weight is 281 g/mol. The van der Waals surface area contributed by atoms with Crippen LogP contribution in [0.3, 0.4) is 0 Å². The molecule has 1 N–H and O–H groups in total. The van der Waals surface area contributed by atoms with Crippen molar-refractivity contribution in [1.29, 1.82) is 0 Å². The molecule has 1 aliphatic rings. The summed E-state index contributed by atoms with van der Waals surface area (Å²) in [7, 11) is 1.48. The second kappa shape index (κ2) is 6.04. The molecule has 0 radical (unpaired) electrons. The van der Waals surface area contributed by atoms with E-state index in [-0.39, 0.29) is 16.9 Å². The summed E-state index contributed by atoms with van der Waals surface area (Å²) in [5.41, 5.74) is 0.0260. The third-order valence-corrected chi connectivity index (χ3v) is 3.64. The molecule has 0 saturated carbocycles. The highest BCUT2D eigenvalue weighted by Crippen LogP contribution is 2.32. The summed E-state index contributed by atoms with van der Waals surface area (Å²) in [6.07, 6.45) is 1.86. The van der Waals surface area contributed by atoms with Crippen LogP contribution in [-0.4, -0.2) is 36.8 Å². The van der Waals surface area contributed by atoms with Crippen LogP contribution in [0.4, 0.5) is 11.5 Å². The van der Waals surface area contributed by atoms with Crippen LogP contribution < -0.4 is 10.1 Å². The Bertz CT molecular complexity index is 487. The Morgan fingerprint density at radius 1 is 1.50 bits per heavy atom. The van der Waals surface area contributed by atoms with E-state index in [1.165, 1.54) is 19.2 Å². The highest BCUT2D eigenvalue weighted by Gasteiger charge is 2.28. The van der Waals surface area contributed by atoms with E-state index in [9.17, 15) is 10.1 Å². The summed E-state index contributed by atoms with van der Waals surface area (Å²) >= 11 is 0. The molecule has 0 amide bonds. The highest BCUT2D eigenvalue weighted by atomic mass is 16.6. The van der Waals surface area contributed by atoms with Gasteiger partial charge in [-0.2, -0.15) is 4.98 Å². The molecule has 7 heteroatoms. The number of nitrogens with one attached hydrogen (secondary N) is 1. The number of anilines is 1. The van der Waals surface area contributed by atoms with E-state index in [4.69, 9.17) is 9.47 Å². The smallest absolute Gasteiger partial charge is 0.311 e. The maximum absolute atomic E-state index is 11.0. The average Bonchev–Trinajstić information content (AvgIpc) is 2.45. The normalized spacial score (nSPS) is 17.5. The van der Waals surface area contributed by atoms with Crippen molar-refractivity contribution < 1.29 is 14.4 Å². The number of pyridine rings is 1. The SMILES string of the molecule is COc1ccc([N+](=O)[O-])c(NCC2(C)CCOCC2)n1. The number of aromatic nitrogens is 1. The van der Waals surface area contributed by atoms with E-state index in [1.54, 1.807) is 0 Å². The molecule has 0 bridgehead atoms. The first kappa shape index (κ1) is 14.5. The van der Waals surface area contributed by atoms with Gasteiger partial charge in [0.05, 0.1) is 12.0 Å². The van der Waals surface area contributed by atoms with Gasteiger partial charge in [0.15, 0.2) is 0 Å². The van der Waals surface area contributed by atoms with Gasteiger partial charge in [0.2, 0.25) is 11.7 Å². The molecule has 1 saturated heterocycles. The lowest BCUT2D eigenvalue weighted by Crippen LogP contribution is -2.33. The van der Waals surface area contributed by atoms with Gasteiger partial charge in [-0.15, -0.1) is 0 Å². The fraction of sp³-hybridized carbons (Fsp3) is 0.615. The quantitative estimate of drug-likeness (QED) is 0.658. The molecule has 0 aliphatic carbocycles. The lowest BCUT2D eigenvalue weighted by molar-refractivity contribution is -0.384. The van der Waals surface area contributed by atoms with Crippen molar-refractivity contribution in [3.8, 4) is 5.88 Å². The second-order valence-corrected chi connectivity index (χ2v) is 5.26. The Labute approximate surface area is 117 Å². The molecular formula is C13H19N3O4. The van der Waals surface area contributed by atoms with Crippen molar-refractivity contribution in [3.05, 3.63) is 22.2 Å². The van der Waals surface area contributed by atoms with Crippen LogP contribution in [0.1, 0.15) is 19.8 Å². The van der Waals surface area contributed by atoms with Crippen molar-refractivity contribution in [1.82, 2.24) is 4.98 Å². The predicted octanol–water partition coefficient (Wildman–Crippen LogP) is 2.23. The van der Waals surface area contributed by atoms with Gasteiger partial charge in [0.1, 0.15) is 0 Å². The zero-order chi connectivity index (χ0) is 14.6. The first-order valence-electron chi connectivity index (χ1n) is 6.55. The third kappa shape index (κ3) is 3.36. The van der Waals surface area contributed by atoms with Crippen molar-refractivity contribution >= 4 is 11.5 Å². The van der Waals surface area contributed by atoms with E-state index in [0.29, 0.717) is 12.4 Å². The fourth-order valence-corrected chi connectivity index (χ4v) is 2.16. The van der Waals surface area contributed by atoms with Crippen molar-refractivity contribution in [2.75, 3.05) is 32.2 Å². The Morgan fingerprint density at radius 3 is 2.80 bits per heavy atom. The molecule has 0 aromatic carbocycles. The summed E-state index contributed by atoms with van der Waals surface area (Å²) < 4.78 is 10.4. The van der Waals surface area contributed by atoms with E-state index in [0.717, 1.165) is 26.1 Å². The van der Waals surface area contributed by atoms with Crippen LogP contribution in [0.5, 0.6) is 5.88 Å². The zero-order valence-corrected chi connectivity index (χ0v) is 11.7. The molecule has 1 aromatic rings. The summed E-state index contributed by atoms with van der Waals surface area (Å²) in [4.78, 5) is 14.7. The third-order valence-electron chi connectivity index (χ3n) is 3.64. The molecular weight excluding hydrogens is 262 g/mol. The molecule has 110 valence electrons. The second-order valence-electron chi connectivity index (χ2n) is 5.26. The van der Waals surface area contributed by atoms with Gasteiger partial charge in [-0.25, -0.2) is 0 Å². The van der Waals surface area contributed by atoms with Crippen LogP contribution in [-0.2, 0) is 4.74 Å². The summed E-state index contributed by atoms with van der Waals surface area (Å²) in [6.45, 7) is 4.23. The Balaban J connectivity index is 2.12. The number of rotatable bonds is 5. The standard InChI is InChI=1S/C13H19N3O4/c1-13(5-7-20-8-6-13)9-14-12-10(16(17)18)3-4-11(15-12)19-2/h3-4H,5-9H2,1-2H3,(H,14,15). The Morgan fingerprint density at radius 2 is 2.20 bits per heavy atom. The maximum atomic E-state index is 11.0. The molecule has 1 aromatic heterocycles. The van der Waals surface area contributed by atoms with Crippen molar-refractivity contribution in [3.63, 3.8) is 0 Å². The summed E-state index contributed by atoms with van der Waals surface area (Å²) in [5, 5.41) is 14.1. The fourth-order valence-electron chi connectivity index (χ4n) is 2.16. The van der Waals surface area contributed by atoms with Crippen molar-refractivity contribution in [2.45, 2.75) is 19.8 Å². The molecule has 0 spiro atoms. The number of hydrogen-bond donors (Lipinski definition) is 1. The molecule has 0 unspecified atom stereocenters. The number of nitro groups is 1. The van der Waals surface area contributed by atoms with Crippen LogP contribution in [0, 0.1) is 15.5 Å². The van der Waals surface area contributed by atoms with E-state index >= 15 is 0 Å². The van der Waals surface area contributed by atoms with E-state index in [2.05, 4.69) is 17.2 Å². The number of methoxy groups -OCH3 is 1. The van der Waals surface area contributed by atoms with Gasteiger partial charge < -0.3 is 14.8 Å². The van der Waals surface area contributed by atoms with Crippen LogP contribution in [0.2, 0.25) is 0 Å². The summed E-state index contributed by atoms with van der Waals surface area (Å²) in [6, 6.07) is 2.89. The van der Waals surface area contributed by atoms with Crippen LogP contribution in [0.15, 0.2) is 12.1 Å². The molecule has 1 fully saturated rings. The first-order valence-corrected chi connectivity index (χ1v) is 6.55. The molecule has 0 atom stereocenters. The van der Waals surface area contributed by atoms with Crippen LogP contribution in [0.25, 0.3) is 0 Å². The van der Waals surface area contributed by atoms with Gasteiger partial charge in [-0.1, -0.05) is 6.92 Å². The Hall–Kier alpha value is -1.89. The molecule has 1 aliphatic heterocycles. The van der Waals surface area contributed by atoms with Crippen LogP contribution >= 0.6 is 0 Å². The van der Waals surface area contributed by atoms with E-state index < -0.39 is 4.92 Å². The monoisotopic (exact) mass is 281 g/mol. The van der Waals surface area contributed by atoms with E-state index in [1.807, 2.05) is 0 Å². The topological polar surface area (TPSA) is 86.5 Å². The van der Waals surface area contributed by atoms with Crippen molar-refractivity contribution in [2.24, 2.45) is 5.41 Å². The molecule has 2 heterocycles. The van der Waals surface area contributed by atoms with Gasteiger partial charge in [-0.3, -0.25) is 10.1 Å². The van der Waals surface area contributed by atoms with Gasteiger partial charge >= 0.3 is 5.69 Å². The summed E-state index contributed by atoms with van der Waals surface area (Å²) in [5.74, 6) is 0.609. The zero-order valence-electron chi connectivity index (χ0n) is 11.7. The highest BCUT2D eigenvalue weighted by molar-refractivity contribution is 5.57. The molecule has 7 nitrogen and oxygen atoms in total. The number of hydrogen-bond acceptors (Lipinski definition) is 6. The lowest BCUT2D eigenvalue weighted by atomic mass is 9.82. The maximum Gasteiger partial charge on any atom is 0.311 e. The minimum atomic E-state index is -0.443. The largest absolute Gasteiger partial charge is 0.481 e. The first-order chi connectivity index (χ1) is 9.54. The number of ether oxygens (including phenoxy) is 2. The van der Waals surface area contributed by atoms with Gasteiger partial charge in [0, 0.05) is 31.9 Å². The minimum Gasteiger partial charge on any atom is -0.481 e. The molecule has 20 heavy (non-hydrogen) atoms. The number of nitrogens with zero attached hydrogens (tertiary/aromatic N) is 2.